The molecule has 0 saturated heterocycles. The average Bonchev–Trinajstić information content (AvgIpc) is 2.85. The summed E-state index contributed by atoms with van der Waals surface area (Å²) >= 11 is 0. The van der Waals surface area contributed by atoms with Crippen molar-refractivity contribution in [2.24, 2.45) is 11.8 Å². The van der Waals surface area contributed by atoms with Gasteiger partial charge < -0.3 is 0 Å². The molecule has 2 bridgehead atoms. The van der Waals surface area contributed by atoms with Crippen molar-refractivity contribution < 1.29 is 0 Å². The summed E-state index contributed by atoms with van der Waals surface area (Å²) in [4.78, 5) is 0. The van der Waals surface area contributed by atoms with E-state index in [1.807, 2.05) is 5.57 Å². The minimum absolute atomic E-state index is 0.991. The first-order chi connectivity index (χ1) is 7.40. The van der Waals surface area contributed by atoms with Gasteiger partial charge in [0.05, 0.1) is 0 Å². The van der Waals surface area contributed by atoms with Gasteiger partial charge in [0.25, 0.3) is 0 Å². The van der Waals surface area contributed by atoms with E-state index < -0.39 is 0 Å². The van der Waals surface area contributed by atoms with Crippen LogP contribution in [0.15, 0.2) is 11.6 Å². The Hall–Kier alpha value is -0.260. The number of hydrogen-bond donors (Lipinski definition) is 0. The highest BCUT2D eigenvalue weighted by molar-refractivity contribution is 5.19. The third kappa shape index (κ3) is 3.09. The fourth-order valence-corrected chi connectivity index (χ4v) is 3.34. The molecule has 2 rings (SSSR count). The van der Waals surface area contributed by atoms with Gasteiger partial charge in [-0.15, -0.1) is 0 Å². The van der Waals surface area contributed by atoms with Gasteiger partial charge in [0, 0.05) is 0 Å². The van der Waals surface area contributed by atoms with Crippen LogP contribution in [0.25, 0.3) is 0 Å². The molecular formula is C15H26. The van der Waals surface area contributed by atoms with E-state index >= 15 is 0 Å². The van der Waals surface area contributed by atoms with E-state index in [0.29, 0.717) is 0 Å². The lowest BCUT2D eigenvalue weighted by Crippen LogP contribution is -1.97. The predicted molar refractivity (Wildman–Crippen MR) is 66.9 cm³/mol. The van der Waals surface area contributed by atoms with E-state index in [0.717, 1.165) is 11.8 Å². The molecule has 0 aliphatic heterocycles. The molecule has 2 aliphatic carbocycles. The quantitative estimate of drug-likeness (QED) is 0.402. The van der Waals surface area contributed by atoms with Crippen LogP contribution in [-0.4, -0.2) is 0 Å². The summed E-state index contributed by atoms with van der Waals surface area (Å²) in [5, 5.41) is 0. The zero-order chi connectivity index (χ0) is 10.5. The lowest BCUT2D eigenvalue weighted by atomic mass is 9.93. The Bertz CT molecular complexity index is 214. The third-order valence-electron chi connectivity index (χ3n) is 4.27. The van der Waals surface area contributed by atoms with Crippen molar-refractivity contribution in [2.45, 2.75) is 71.1 Å². The van der Waals surface area contributed by atoms with Crippen LogP contribution >= 0.6 is 0 Å². The van der Waals surface area contributed by atoms with Crippen LogP contribution in [0.4, 0.5) is 0 Å². The number of fused-ring (bicyclic) bond motifs is 2. The molecule has 0 radical (unpaired) electrons. The number of hydrogen-bond acceptors (Lipinski definition) is 0. The van der Waals surface area contributed by atoms with Crippen LogP contribution < -0.4 is 0 Å². The molecule has 15 heavy (non-hydrogen) atoms. The summed E-state index contributed by atoms with van der Waals surface area (Å²) in [5.74, 6) is 2.01. The number of rotatable bonds is 7. The van der Waals surface area contributed by atoms with E-state index in [-0.39, 0.29) is 0 Å². The molecule has 0 aromatic carbocycles. The second-order valence-electron chi connectivity index (χ2n) is 5.53. The minimum Gasteiger partial charge on any atom is -0.0819 e. The maximum atomic E-state index is 2.61. The van der Waals surface area contributed by atoms with E-state index in [4.69, 9.17) is 0 Å². The largest absolute Gasteiger partial charge is 0.0819 e. The van der Waals surface area contributed by atoms with Crippen molar-refractivity contribution in [1.29, 1.82) is 0 Å². The smallest absolute Gasteiger partial charge is 0.0197 e. The molecular weight excluding hydrogens is 180 g/mol. The second-order valence-corrected chi connectivity index (χ2v) is 5.53. The topological polar surface area (TPSA) is 0 Å². The third-order valence-corrected chi connectivity index (χ3v) is 4.27. The molecule has 2 unspecified atom stereocenters. The molecule has 1 fully saturated rings. The van der Waals surface area contributed by atoms with Crippen molar-refractivity contribution >= 4 is 0 Å². The highest BCUT2D eigenvalue weighted by atomic mass is 14.4. The van der Waals surface area contributed by atoms with Crippen LogP contribution in [0.3, 0.4) is 0 Å². The Morgan fingerprint density at radius 3 is 2.53 bits per heavy atom. The molecule has 0 aromatic heterocycles. The monoisotopic (exact) mass is 206 g/mol. The molecule has 2 atom stereocenters. The molecule has 2 aliphatic rings. The van der Waals surface area contributed by atoms with Crippen LogP contribution in [0, 0.1) is 11.8 Å². The zero-order valence-electron chi connectivity index (χ0n) is 10.3. The molecule has 0 N–H and O–H groups in total. The van der Waals surface area contributed by atoms with E-state index in [9.17, 15) is 0 Å². The van der Waals surface area contributed by atoms with Gasteiger partial charge in [0.15, 0.2) is 0 Å². The Labute approximate surface area is 95.1 Å². The first-order valence-corrected chi connectivity index (χ1v) is 7.10. The van der Waals surface area contributed by atoms with Crippen LogP contribution in [0.2, 0.25) is 0 Å². The zero-order valence-corrected chi connectivity index (χ0v) is 10.3. The van der Waals surface area contributed by atoms with E-state index in [1.165, 1.54) is 64.2 Å². The van der Waals surface area contributed by atoms with Crippen LogP contribution in [-0.2, 0) is 0 Å². The lowest BCUT2D eigenvalue weighted by molar-refractivity contribution is 0.571. The fourth-order valence-electron chi connectivity index (χ4n) is 3.34. The number of allylic oxidation sites excluding steroid dienone is 2. The first-order valence-electron chi connectivity index (χ1n) is 7.10. The lowest BCUT2D eigenvalue weighted by Gasteiger charge is -2.12. The van der Waals surface area contributed by atoms with Gasteiger partial charge in [0.2, 0.25) is 0 Å². The van der Waals surface area contributed by atoms with Crippen LogP contribution in [0.5, 0.6) is 0 Å². The van der Waals surface area contributed by atoms with E-state index in [1.54, 1.807) is 0 Å². The molecule has 1 saturated carbocycles. The van der Waals surface area contributed by atoms with Crippen molar-refractivity contribution in [3.8, 4) is 0 Å². The summed E-state index contributed by atoms with van der Waals surface area (Å²) in [6.07, 6.45) is 17.2. The Kier molecular flexibility index (Phi) is 4.29. The van der Waals surface area contributed by atoms with Gasteiger partial charge in [-0.1, -0.05) is 50.7 Å². The van der Waals surface area contributed by atoms with Gasteiger partial charge in [-0.05, 0) is 43.9 Å². The SMILES string of the molecule is CCCCCCCCC1=CC2CCC1C2. The molecule has 0 heteroatoms. The van der Waals surface area contributed by atoms with Gasteiger partial charge >= 0.3 is 0 Å². The summed E-state index contributed by atoms with van der Waals surface area (Å²) in [7, 11) is 0. The molecule has 86 valence electrons. The first kappa shape index (κ1) is 11.2. The summed E-state index contributed by atoms with van der Waals surface area (Å²) < 4.78 is 0. The fraction of sp³-hybridized carbons (Fsp3) is 0.867. The maximum absolute atomic E-state index is 2.61. The predicted octanol–water partition coefficient (Wildman–Crippen LogP) is 5.09. The van der Waals surface area contributed by atoms with Gasteiger partial charge in [-0.3, -0.25) is 0 Å². The second kappa shape index (κ2) is 5.72. The normalized spacial score (nSPS) is 28.5. The van der Waals surface area contributed by atoms with E-state index in [2.05, 4.69) is 13.0 Å². The molecule has 0 amide bonds. The highest BCUT2D eigenvalue weighted by Crippen LogP contribution is 2.45. The average molecular weight is 206 g/mol. The Morgan fingerprint density at radius 1 is 1.07 bits per heavy atom. The van der Waals surface area contributed by atoms with Crippen molar-refractivity contribution in [3.05, 3.63) is 11.6 Å². The van der Waals surface area contributed by atoms with Crippen LogP contribution in [0.1, 0.15) is 71.1 Å². The highest BCUT2D eigenvalue weighted by Gasteiger charge is 2.31. The standard InChI is InChI=1S/C15H26/c1-2-3-4-5-6-7-8-14-11-13-9-10-15(14)12-13/h11,13,15H,2-10,12H2,1H3. The maximum Gasteiger partial charge on any atom is -0.0197 e. The summed E-state index contributed by atoms with van der Waals surface area (Å²) in [6.45, 7) is 2.29. The summed E-state index contributed by atoms with van der Waals surface area (Å²) in [5.41, 5.74) is 1.83. The van der Waals surface area contributed by atoms with Gasteiger partial charge in [0.1, 0.15) is 0 Å². The molecule has 0 nitrogen and oxygen atoms in total. The van der Waals surface area contributed by atoms with Crippen molar-refractivity contribution in [1.82, 2.24) is 0 Å². The molecule has 0 aromatic rings. The minimum atomic E-state index is 0.991. The van der Waals surface area contributed by atoms with Gasteiger partial charge in [-0.2, -0.15) is 0 Å². The van der Waals surface area contributed by atoms with Crippen molar-refractivity contribution in [2.75, 3.05) is 0 Å². The number of unbranched alkanes of at least 4 members (excludes halogenated alkanes) is 5. The molecule has 0 spiro atoms. The Balaban J connectivity index is 1.53. The summed E-state index contributed by atoms with van der Waals surface area (Å²) in [6, 6.07) is 0. The van der Waals surface area contributed by atoms with Crippen molar-refractivity contribution in [3.63, 3.8) is 0 Å². The molecule has 0 heterocycles. The van der Waals surface area contributed by atoms with Gasteiger partial charge in [-0.25, -0.2) is 0 Å². The Morgan fingerprint density at radius 2 is 1.87 bits per heavy atom.